The Morgan fingerprint density at radius 1 is 1.14 bits per heavy atom. The fourth-order valence-electron chi connectivity index (χ4n) is 3.96. The first-order chi connectivity index (χ1) is 16.6. The van der Waals surface area contributed by atoms with Gasteiger partial charge in [0.2, 0.25) is 5.82 Å². The summed E-state index contributed by atoms with van der Waals surface area (Å²) in [5.74, 6) is -2.59. The summed E-state index contributed by atoms with van der Waals surface area (Å²) in [6.45, 7) is 6.05. The van der Waals surface area contributed by atoms with Gasteiger partial charge in [0.05, 0.1) is 17.4 Å². The molecule has 0 aromatic carbocycles. The van der Waals surface area contributed by atoms with E-state index in [1.54, 1.807) is 18.5 Å². The molecule has 1 aliphatic rings. The van der Waals surface area contributed by atoms with Gasteiger partial charge in [-0.3, -0.25) is 14.3 Å². The number of alkyl halides is 2. The zero-order chi connectivity index (χ0) is 24.8. The first kappa shape index (κ1) is 22.9. The molecule has 182 valence electrons. The second-order valence-electron chi connectivity index (χ2n) is 9.70. The topological polar surface area (TPSA) is 102 Å². The number of likely N-dealkylation sites (tertiary alicyclic amines) is 1. The minimum atomic E-state index is -2.70. The van der Waals surface area contributed by atoms with E-state index in [1.807, 2.05) is 43.7 Å². The van der Waals surface area contributed by atoms with Gasteiger partial charge in [0.15, 0.2) is 0 Å². The number of carbonyl (C=O) groups is 1. The Kier molecular flexibility index (Phi) is 5.49. The summed E-state index contributed by atoms with van der Waals surface area (Å²) >= 11 is 0. The van der Waals surface area contributed by atoms with Gasteiger partial charge in [0.25, 0.3) is 11.8 Å². The molecule has 1 amide bonds. The van der Waals surface area contributed by atoms with Crippen LogP contribution in [0.5, 0.6) is 0 Å². The van der Waals surface area contributed by atoms with Crippen molar-refractivity contribution in [2.45, 2.75) is 45.1 Å². The molecule has 1 aliphatic heterocycles. The van der Waals surface area contributed by atoms with Crippen molar-refractivity contribution in [2.75, 3.05) is 18.4 Å². The first-order valence-electron chi connectivity index (χ1n) is 11.3. The fourth-order valence-corrected chi connectivity index (χ4v) is 3.96. The first-order valence-corrected chi connectivity index (χ1v) is 11.3. The molecule has 11 heteroatoms. The number of fused-ring (bicyclic) bond motifs is 1. The molecule has 0 radical (unpaired) electrons. The van der Waals surface area contributed by atoms with Gasteiger partial charge >= 0.3 is 6.01 Å². The fraction of sp³-hybridized carbons (Fsp3) is 0.375. The number of carbonyl (C=O) groups excluding carboxylic acids is 1. The molecule has 5 heterocycles. The minimum Gasteiger partial charge on any atom is -0.338 e. The normalized spacial score (nSPS) is 16.0. The highest BCUT2D eigenvalue weighted by Crippen LogP contribution is 2.29. The Labute approximate surface area is 200 Å². The number of amides is 1. The van der Waals surface area contributed by atoms with Gasteiger partial charge in [0, 0.05) is 61.0 Å². The molecule has 0 bridgehead atoms. The lowest BCUT2D eigenvalue weighted by Gasteiger charge is -2.31. The lowest BCUT2D eigenvalue weighted by molar-refractivity contribution is -0.0494. The van der Waals surface area contributed by atoms with Crippen LogP contribution in [0.25, 0.3) is 28.1 Å². The SMILES string of the molecule is CC(C)(C)Nc1nc(-c2cncc(-n3ccc4cc(C(=O)N5CCC(F)(F)CC5)cnc43)c2)no1. The van der Waals surface area contributed by atoms with Crippen molar-refractivity contribution >= 4 is 23.0 Å². The molecular formula is C24H25F2N7O2. The van der Waals surface area contributed by atoms with Crippen LogP contribution in [0.4, 0.5) is 14.8 Å². The predicted octanol–water partition coefficient (Wildman–Crippen LogP) is 4.55. The van der Waals surface area contributed by atoms with E-state index in [0.29, 0.717) is 28.6 Å². The molecule has 0 atom stereocenters. The molecular weight excluding hydrogens is 456 g/mol. The van der Waals surface area contributed by atoms with Gasteiger partial charge in [-0.2, -0.15) is 4.98 Å². The summed E-state index contributed by atoms with van der Waals surface area (Å²) in [5.41, 5.74) is 2.19. The van der Waals surface area contributed by atoms with E-state index < -0.39 is 5.92 Å². The van der Waals surface area contributed by atoms with E-state index in [0.717, 1.165) is 11.1 Å². The Bertz CT molecular complexity index is 1380. The molecule has 1 fully saturated rings. The third-order valence-electron chi connectivity index (χ3n) is 5.72. The molecule has 0 aliphatic carbocycles. The van der Waals surface area contributed by atoms with Crippen LogP contribution < -0.4 is 5.32 Å². The number of rotatable bonds is 4. The average molecular weight is 482 g/mol. The molecule has 5 rings (SSSR count). The third-order valence-corrected chi connectivity index (χ3v) is 5.72. The van der Waals surface area contributed by atoms with Crippen LogP contribution in [-0.2, 0) is 0 Å². The standard InChI is InChI=1S/C24H25F2N7O2/c1-23(2,3)30-22-29-19(31-35-22)16-11-18(14-27-12-16)33-7-4-15-10-17(13-28-20(15)33)21(34)32-8-5-24(25,26)6-9-32/h4,7,10-14H,5-6,8-9H2,1-3H3,(H,29,30,31). The van der Waals surface area contributed by atoms with E-state index in [-0.39, 0.29) is 37.4 Å². The van der Waals surface area contributed by atoms with Crippen molar-refractivity contribution in [2.24, 2.45) is 0 Å². The van der Waals surface area contributed by atoms with Crippen LogP contribution in [0, 0.1) is 0 Å². The zero-order valence-electron chi connectivity index (χ0n) is 19.6. The highest BCUT2D eigenvalue weighted by molar-refractivity contribution is 5.97. The van der Waals surface area contributed by atoms with Gasteiger partial charge < -0.3 is 14.7 Å². The molecule has 9 nitrogen and oxygen atoms in total. The Hall–Kier alpha value is -3.89. The van der Waals surface area contributed by atoms with Crippen molar-refractivity contribution in [1.29, 1.82) is 0 Å². The van der Waals surface area contributed by atoms with Crippen LogP contribution in [0.2, 0.25) is 0 Å². The predicted molar refractivity (Wildman–Crippen MR) is 126 cm³/mol. The maximum Gasteiger partial charge on any atom is 0.322 e. The summed E-state index contributed by atoms with van der Waals surface area (Å²) in [6.07, 6.45) is 6.01. The summed E-state index contributed by atoms with van der Waals surface area (Å²) in [6, 6.07) is 5.76. The number of aromatic nitrogens is 5. The van der Waals surface area contributed by atoms with Crippen molar-refractivity contribution in [3.05, 3.63) is 48.5 Å². The lowest BCUT2D eigenvalue weighted by atomic mass is 10.1. The van der Waals surface area contributed by atoms with Crippen LogP contribution in [0.3, 0.4) is 0 Å². The highest BCUT2D eigenvalue weighted by atomic mass is 19.3. The third kappa shape index (κ3) is 4.84. The number of piperidine rings is 1. The van der Waals surface area contributed by atoms with Crippen molar-refractivity contribution in [3.8, 4) is 17.1 Å². The second-order valence-corrected chi connectivity index (χ2v) is 9.70. The minimum absolute atomic E-state index is 0.0341. The lowest BCUT2D eigenvalue weighted by Crippen LogP contribution is -2.42. The van der Waals surface area contributed by atoms with Crippen molar-refractivity contribution < 1.29 is 18.1 Å². The largest absolute Gasteiger partial charge is 0.338 e. The summed E-state index contributed by atoms with van der Waals surface area (Å²) < 4.78 is 34.0. The van der Waals surface area contributed by atoms with Crippen molar-refractivity contribution in [1.82, 2.24) is 29.6 Å². The summed E-state index contributed by atoms with van der Waals surface area (Å²) in [7, 11) is 0. The molecule has 35 heavy (non-hydrogen) atoms. The summed E-state index contributed by atoms with van der Waals surface area (Å²) in [5, 5.41) is 7.92. The van der Waals surface area contributed by atoms with Crippen LogP contribution in [0.1, 0.15) is 44.0 Å². The van der Waals surface area contributed by atoms with Crippen LogP contribution >= 0.6 is 0 Å². The Morgan fingerprint density at radius 2 is 1.91 bits per heavy atom. The molecule has 1 N–H and O–H groups in total. The van der Waals surface area contributed by atoms with Gasteiger partial charge in [-0.1, -0.05) is 5.16 Å². The zero-order valence-corrected chi connectivity index (χ0v) is 19.6. The number of hydrogen-bond acceptors (Lipinski definition) is 7. The number of nitrogens with zero attached hydrogens (tertiary/aromatic N) is 6. The highest BCUT2D eigenvalue weighted by Gasteiger charge is 2.35. The van der Waals surface area contributed by atoms with Gasteiger partial charge in [-0.15, -0.1) is 0 Å². The molecule has 0 spiro atoms. The average Bonchev–Trinajstić information content (AvgIpc) is 3.44. The maximum absolute atomic E-state index is 13.4. The van der Waals surface area contributed by atoms with E-state index >= 15 is 0 Å². The quantitative estimate of drug-likeness (QED) is 0.456. The van der Waals surface area contributed by atoms with Crippen molar-refractivity contribution in [3.63, 3.8) is 0 Å². The monoisotopic (exact) mass is 481 g/mol. The molecule has 1 saturated heterocycles. The number of anilines is 1. The number of nitrogens with one attached hydrogen (secondary N) is 1. The van der Waals surface area contributed by atoms with E-state index in [2.05, 4.69) is 25.4 Å². The van der Waals surface area contributed by atoms with Gasteiger partial charge in [-0.05, 0) is 39.0 Å². The van der Waals surface area contributed by atoms with Crippen LogP contribution in [0.15, 0.2) is 47.5 Å². The molecule has 4 aromatic heterocycles. The van der Waals surface area contributed by atoms with E-state index in [4.69, 9.17) is 4.52 Å². The van der Waals surface area contributed by atoms with Crippen LogP contribution in [-0.4, -0.2) is 60.0 Å². The Morgan fingerprint density at radius 3 is 2.66 bits per heavy atom. The van der Waals surface area contributed by atoms with Gasteiger partial charge in [-0.25, -0.2) is 13.8 Å². The van der Waals surface area contributed by atoms with Gasteiger partial charge in [0.1, 0.15) is 5.65 Å². The number of halogens is 2. The van der Waals surface area contributed by atoms with E-state index in [1.165, 1.54) is 11.1 Å². The maximum atomic E-state index is 13.4. The smallest absolute Gasteiger partial charge is 0.322 e. The summed E-state index contributed by atoms with van der Waals surface area (Å²) in [4.78, 5) is 27.5. The molecule has 0 saturated carbocycles. The number of pyridine rings is 2. The molecule has 0 unspecified atom stereocenters. The number of hydrogen-bond donors (Lipinski definition) is 1. The Balaban J connectivity index is 1.39. The second kappa shape index (κ2) is 8.40. The van der Waals surface area contributed by atoms with E-state index in [9.17, 15) is 13.6 Å². The molecule has 4 aromatic rings.